The summed E-state index contributed by atoms with van der Waals surface area (Å²) in [6, 6.07) is 10.0. The summed E-state index contributed by atoms with van der Waals surface area (Å²) in [6.07, 6.45) is 3.65. The zero-order chi connectivity index (χ0) is 15.3. The van der Waals surface area contributed by atoms with Gasteiger partial charge in [0.15, 0.2) is 0 Å². The molecule has 4 fully saturated rings. The molecule has 22 heavy (non-hydrogen) atoms. The van der Waals surface area contributed by atoms with Gasteiger partial charge >= 0.3 is 0 Å². The summed E-state index contributed by atoms with van der Waals surface area (Å²) in [7, 11) is -3.53. The van der Waals surface area contributed by atoms with Crippen LogP contribution in [0.2, 0.25) is 0 Å². The molecule has 4 nitrogen and oxygen atoms in total. The summed E-state index contributed by atoms with van der Waals surface area (Å²) < 4.78 is 29.3. The van der Waals surface area contributed by atoms with Crippen LogP contribution in [0, 0.1) is 23.2 Å². The lowest BCUT2D eigenvalue weighted by Gasteiger charge is -2.57. The molecule has 0 radical (unpaired) electrons. The Balaban J connectivity index is 1.60. The highest BCUT2D eigenvalue weighted by molar-refractivity contribution is 7.86. The van der Waals surface area contributed by atoms with E-state index in [0.29, 0.717) is 12.2 Å². The van der Waals surface area contributed by atoms with Crippen molar-refractivity contribution in [3.05, 3.63) is 35.9 Å². The predicted molar refractivity (Wildman–Crippen MR) is 79.6 cm³/mol. The Morgan fingerprint density at radius 2 is 1.95 bits per heavy atom. The van der Waals surface area contributed by atoms with E-state index >= 15 is 0 Å². The van der Waals surface area contributed by atoms with E-state index in [-0.39, 0.29) is 29.1 Å². The van der Waals surface area contributed by atoms with Crippen molar-refractivity contribution >= 4 is 15.9 Å². The van der Waals surface area contributed by atoms with Gasteiger partial charge in [-0.3, -0.25) is 8.98 Å². The Morgan fingerprint density at radius 3 is 2.55 bits per heavy atom. The maximum atomic E-state index is 12.2. The molecule has 0 aliphatic heterocycles. The number of benzene rings is 1. The molecule has 1 spiro atoms. The summed E-state index contributed by atoms with van der Waals surface area (Å²) in [5.74, 6) is 0.909. The van der Waals surface area contributed by atoms with Crippen LogP contribution in [0.5, 0.6) is 0 Å². The average Bonchev–Trinajstić information content (AvgIpc) is 2.92. The van der Waals surface area contributed by atoms with Gasteiger partial charge in [-0.05, 0) is 23.8 Å². The summed E-state index contributed by atoms with van der Waals surface area (Å²) in [4.78, 5) is 12.2. The van der Waals surface area contributed by atoms with Crippen LogP contribution in [0.1, 0.15) is 30.7 Å². The highest BCUT2D eigenvalue weighted by Crippen LogP contribution is 2.91. The molecule has 4 saturated carbocycles. The molecule has 116 valence electrons. The smallest absolute Gasteiger partial charge is 0.264 e. The first-order chi connectivity index (χ1) is 10.4. The Kier molecular flexibility index (Phi) is 2.20. The van der Waals surface area contributed by atoms with Gasteiger partial charge in [-0.1, -0.05) is 30.3 Å². The third kappa shape index (κ3) is 1.26. The molecule has 0 N–H and O–H groups in total. The van der Waals surface area contributed by atoms with E-state index in [9.17, 15) is 13.2 Å². The van der Waals surface area contributed by atoms with Crippen molar-refractivity contribution in [3.8, 4) is 0 Å². The lowest BCUT2D eigenvalue weighted by atomic mass is 9.47. The molecule has 4 aliphatic carbocycles. The third-order valence-corrected chi connectivity index (χ3v) is 7.32. The van der Waals surface area contributed by atoms with Gasteiger partial charge in [0.2, 0.25) is 0 Å². The molecular formula is C17H18O4S. The number of hydrogen-bond donors (Lipinski definition) is 0. The second kappa shape index (κ2) is 3.65. The Bertz CT molecular complexity index is 786. The van der Waals surface area contributed by atoms with E-state index in [2.05, 4.69) is 12.1 Å². The number of ketones is 1. The molecular weight excluding hydrogens is 300 g/mol. The summed E-state index contributed by atoms with van der Waals surface area (Å²) in [5.41, 5.74) is 0.556. The van der Waals surface area contributed by atoms with Gasteiger partial charge in [0.1, 0.15) is 11.4 Å². The first kappa shape index (κ1) is 13.3. The van der Waals surface area contributed by atoms with Crippen LogP contribution in [-0.2, 0) is 19.1 Å². The molecule has 5 heteroatoms. The fraction of sp³-hybridized carbons (Fsp3) is 0.588. The highest BCUT2D eigenvalue weighted by Gasteiger charge is 2.94. The molecule has 5 rings (SSSR count). The molecule has 0 amide bonds. The molecule has 0 aromatic heterocycles. The van der Waals surface area contributed by atoms with Crippen molar-refractivity contribution < 1.29 is 17.4 Å². The van der Waals surface area contributed by atoms with Crippen molar-refractivity contribution in [3.63, 3.8) is 0 Å². The first-order valence-electron chi connectivity index (χ1n) is 7.89. The van der Waals surface area contributed by atoms with Crippen LogP contribution in [0.3, 0.4) is 0 Å². The number of fused-ring (bicyclic) bond motifs is 2. The van der Waals surface area contributed by atoms with E-state index in [1.807, 2.05) is 18.2 Å². The minimum Gasteiger partial charge on any atom is -0.299 e. The van der Waals surface area contributed by atoms with E-state index in [1.54, 1.807) is 0 Å². The lowest BCUT2D eigenvalue weighted by molar-refractivity contribution is -0.155. The number of carbonyl (C=O) groups is 1. The quantitative estimate of drug-likeness (QED) is 0.801. The van der Waals surface area contributed by atoms with E-state index in [0.717, 1.165) is 24.7 Å². The summed E-state index contributed by atoms with van der Waals surface area (Å²) in [6.45, 7) is 0. The van der Waals surface area contributed by atoms with Crippen molar-refractivity contribution in [2.45, 2.75) is 30.8 Å². The zero-order valence-electron chi connectivity index (χ0n) is 12.4. The zero-order valence-corrected chi connectivity index (χ0v) is 13.2. The standard InChI is InChI=1S/C17H18O4S/c1-22(19,20)21-17-13-9-12(18)11-7-8-16(11,13)15(17)14(17)10-5-3-2-4-6-10/h2-6,11,13-15H,7-9H2,1H3. The van der Waals surface area contributed by atoms with Gasteiger partial charge in [0.05, 0.1) is 6.26 Å². The molecule has 6 unspecified atom stereocenters. The normalized spacial score (nSPS) is 47.8. The predicted octanol–water partition coefficient (Wildman–Crippen LogP) is 2.11. The highest BCUT2D eigenvalue weighted by atomic mass is 32.2. The number of rotatable bonds is 3. The SMILES string of the molecule is CS(=O)(=O)OC12C(c3ccccc3)C1C13CCC1C(=O)CC32. The van der Waals surface area contributed by atoms with Crippen LogP contribution in [0.4, 0.5) is 0 Å². The van der Waals surface area contributed by atoms with Gasteiger partial charge < -0.3 is 0 Å². The van der Waals surface area contributed by atoms with Gasteiger partial charge in [-0.25, -0.2) is 0 Å². The molecule has 0 heterocycles. The molecule has 0 bridgehead atoms. The number of Topliss-reactive ketones (excluding diaryl/α,β-unsaturated/α-hetero) is 1. The molecule has 1 aromatic rings. The van der Waals surface area contributed by atoms with Gasteiger partial charge in [-0.2, -0.15) is 8.42 Å². The van der Waals surface area contributed by atoms with Gasteiger partial charge in [0.25, 0.3) is 10.1 Å². The average molecular weight is 318 g/mol. The van der Waals surface area contributed by atoms with Gasteiger partial charge in [0, 0.05) is 30.1 Å². The van der Waals surface area contributed by atoms with Crippen LogP contribution in [0.25, 0.3) is 0 Å². The maximum Gasteiger partial charge on any atom is 0.264 e. The Morgan fingerprint density at radius 1 is 1.23 bits per heavy atom. The summed E-state index contributed by atoms with van der Waals surface area (Å²) in [5, 5.41) is 0. The number of hydrogen-bond acceptors (Lipinski definition) is 4. The fourth-order valence-electron chi connectivity index (χ4n) is 6.19. The lowest BCUT2D eigenvalue weighted by Crippen LogP contribution is -2.59. The Labute approximate surface area is 130 Å². The van der Waals surface area contributed by atoms with E-state index < -0.39 is 15.7 Å². The van der Waals surface area contributed by atoms with Crippen LogP contribution < -0.4 is 0 Å². The van der Waals surface area contributed by atoms with Crippen molar-refractivity contribution in [2.24, 2.45) is 23.2 Å². The van der Waals surface area contributed by atoms with Crippen LogP contribution >= 0.6 is 0 Å². The van der Waals surface area contributed by atoms with Crippen LogP contribution in [-0.4, -0.2) is 26.1 Å². The first-order valence-corrected chi connectivity index (χ1v) is 9.71. The molecule has 6 atom stereocenters. The summed E-state index contributed by atoms with van der Waals surface area (Å²) >= 11 is 0. The minimum atomic E-state index is -3.53. The van der Waals surface area contributed by atoms with Crippen molar-refractivity contribution in [1.29, 1.82) is 0 Å². The maximum absolute atomic E-state index is 12.2. The van der Waals surface area contributed by atoms with Crippen molar-refractivity contribution in [2.75, 3.05) is 6.26 Å². The second-order valence-electron chi connectivity index (χ2n) is 7.43. The van der Waals surface area contributed by atoms with Crippen molar-refractivity contribution in [1.82, 2.24) is 0 Å². The monoisotopic (exact) mass is 318 g/mol. The molecule has 0 saturated heterocycles. The third-order valence-electron chi connectivity index (χ3n) is 6.73. The second-order valence-corrected chi connectivity index (χ2v) is 9.01. The number of carbonyl (C=O) groups excluding carboxylic acids is 1. The molecule has 1 aromatic carbocycles. The van der Waals surface area contributed by atoms with E-state index in [4.69, 9.17) is 4.18 Å². The van der Waals surface area contributed by atoms with E-state index in [1.165, 1.54) is 0 Å². The fourth-order valence-corrected chi connectivity index (χ4v) is 7.04. The minimum absolute atomic E-state index is 0.0439. The largest absolute Gasteiger partial charge is 0.299 e. The van der Waals surface area contributed by atoms with Gasteiger partial charge in [-0.15, -0.1) is 0 Å². The molecule has 4 aliphatic rings. The van der Waals surface area contributed by atoms with Crippen LogP contribution in [0.15, 0.2) is 30.3 Å². The topological polar surface area (TPSA) is 60.4 Å². The Hall–Kier alpha value is -1.20.